The van der Waals surface area contributed by atoms with Crippen LogP contribution in [0.25, 0.3) is 0 Å². The molecule has 0 heterocycles. The van der Waals surface area contributed by atoms with Crippen LogP contribution in [0.5, 0.6) is 0 Å². The van der Waals surface area contributed by atoms with Crippen LogP contribution in [0, 0.1) is 11.8 Å². The number of hydrogen-bond acceptors (Lipinski definition) is 0. The fraction of sp³-hybridized carbons (Fsp3) is 1.00. The largest absolute Gasteiger partial charge is 0.0776 e. The molecule has 0 aliphatic rings. The Balaban J connectivity index is -0.0000000152. The molecule has 0 spiro atoms. The van der Waals surface area contributed by atoms with E-state index in [1.54, 1.807) is 0 Å². The highest BCUT2D eigenvalue weighted by atomic mass is 14.0. The lowest BCUT2D eigenvalue weighted by Gasteiger charge is -1.98. The first kappa shape index (κ1) is 50.9. The van der Waals surface area contributed by atoms with Crippen molar-refractivity contribution in [3.63, 3.8) is 0 Å². The molecule has 0 radical (unpaired) electrons. The van der Waals surface area contributed by atoms with Gasteiger partial charge in [0.1, 0.15) is 0 Å². The molecule has 0 nitrogen and oxygen atoms in total. The molecule has 0 aliphatic heterocycles. The van der Waals surface area contributed by atoms with E-state index in [1.807, 2.05) is 13.8 Å². The van der Waals surface area contributed by atoms with Crippen LogP contribution in [0.15, 0.2) is 0 Å². The van der Waals surface area contributed by atoms with Crippen LogP contribution in [0.2, 0.25) is 0 Å². The van der Waals surface area contributed by atoms with Gasteiger partial charge in [0.05, 0.1) is 0 Å². The summed E-state index contributed by atoms with van der Waals surface area (Å²) in [6, 6.07) is 0. The van der Waals surface area contributed by atoms with Gasteiger partial charge in [-0.15, -0.1) is 0 Å². The molecule has 0 aromatic rings. The molecule has 0 saturated carbocycles. The molecule has 0 aromatic carbocycles. The van der Waals surface area contributed by atoms with Gasteiger partial charge in [0.2, 0.25) is 0 Å². The van der Waals surface area contributed by atoms with Crippen molar-refractivity contribution in [3.8, 4) is 0 Å². The van der Waals surface area contributed by atoms with Crippen LogP contribution < -0.4 is 0 Å². The van der Waals surface area contributed by atoms with Crippen LogP contribution >= 0.6 is 0 Å². The van der Waals surface area contributed by atoms with Gasteiger partial charge in [0.15, 0.2) is 0 Å². The molecule has 0 aromatic heterocycles. The van der Waals surface area contributed by atoms with Crippen molar-refractivity contribution in [2.75, 3.05) is 0 Å². The second-order valence-corrected chi connectivity index (χ2v) is 3.84. The predicted molar refractivity (Wildman–Crippen MR) is 104 cm³/mol. The summed E-state index contributed by atoms with van der Waals surface area (Å²) in [5, 5.41) is 0. The van der Waals surface area contributed by atoms with Gasteiger partial charge in [-0.3, -0.25) is 0 Å². The highest BCUT2D eigenvalue weighted by Gasteiger charge is 1.89. The second kappa shape index (κ2) is 52.0. The lowest BCUT2D eigenvalue weighted by atomic mass is 10.1. The third kappa shape index (κ3) is 72.0. The van der Waals surface area contributed by atoms with E-state index in [4.69, 9.17) is 0 Å². The monoisotopic (exact) mass is 282 g/mol. The van der Waals surface area contributed by atoms with Crippen molar-refractivity contribution < 1.29 is 0 Å². The van der Waals surface area contributed by atoms with E-state index in [1.165, 1.54) is 25.7 Å². The first-order chi connectivity index (χ1) is 6.62. The molecule has 130 valence electrons. The summed E-state index contributed by atoms with van der Waals surface area (Å²) in [6.45, 7) is 17.5. The van der Waals surface area contributed by atoms with E-state index in [2.05, 4.69) is 41.5 Å². The van der Waals surface area contributed by atoms with Gasteiger partial charge in [0, 0.05) is 0 Å². The summed E-state index contributed by atoms with van der Waals surface area (Å²) >= 11 is 0. The van der Waals surface area contributed by atoms with Crippen LogP contribution in [0.4, 0.5) is 0 Å². The molecule has 0 rings (SSSR count). The SMILES string of the molecule is C.C.C.C.C.CC.CCC(C)CC.CCC(C)CC. The Kier molecular flexibility index (Phi) is 139. The lowest BCUT2D eigenvalue weighted by Crippen LogP contribution is -1.85. The van der Waals surface area contributed by atoms with Crippen molar-refractivity contribution in [2.45, 2.75) is 118 Å². The Bertz CT molecular complexity index is 48.4. The molecular formula is C19H54. The summed E-state index contributed by atoms with van der Waals surface area (Å²) in [4.78, 5) is 0. The first-order valence-corrected chi connectivity index (χ1v) is 6.62. The third-order valence-electron chi connectivity index (χ3n) is 2.79. The summed E-state index contributed by atoms with van der Waals surface area (Å²) < 4.78 is 0. The molecule has 0 unspecified atom stereocenters. The molecule has 19 heavy (non-hydrogen) atoms. The molecule has 0 aliphatic carbocycles. The molecule has 0 fully saturated rings. The zero-order valence-electron chi connectivity index (χ0n) is 12.0. The van der Waals surface area contributed by atoms with Crippen LogP contribution in [0.1, 0.15) is 118 Å². The average molecular weight is 283 g/mol. The number of hydrogen-bond donors (Lipinski definition) is 0. The molecular weight excluding hydrogens is 228 g/mol. The van der Waals surface area contributed by atoms with E-state index < -0.39 is 0 Å². The fourth-order valence-corrected chi connectivity index (χ4v) is 0.577. The quantitative estimate of drug-likeness (QED) is 0.482. The summed E-state index contributed by atoms with van der Waals surface area (Å²) in [5.41, 5.74) is 0. The van der Waals surface area contributed by atoms with Gasteiger partial charge in [0.25, 0.3) is 0 Å². The summed E-state index contributed by atoms with van der Waals surface area (Å²) in [6.07, 6.45) is 5.32. The zero-order chi connectivity index (χ0) is 12.0. The van der Waals surface area contributed by atoms with Crippen molar-refractivity contribution in [2.24, 2.45) is 11.8 Å². The average Bonchev–Trinajstić information content (AvgIpc) is 2.30. The molecule has 0 atom stereocenters. The van der Waals surface area contributed by atoms with Gasteiger partial charge in [-0.05, 0) is 11.8 Å². The molecule has 0 amide bonds. The van der Waals surface area contributed by atoms with Crippen molar-refractivity contribution >= 4 is 0 Å². The Morgan fingerprint density at radius 2 is 0.579 bits per heavy atom. The highest BCUT2D eigenvalue weighted by Crippen LogP contribution is 2.03. The van der Waals surface area contributed by atoms with Crippen molar-refractivity contribution in [3.05, 3.63) is 0 Å². The normalized spacial score (nSPS) is 6.63. The van der Waals surface area contributed by atoms with E-state index in [-0.39, 0.29) is 37.1 Å². The number of rotatable bonds is 4. The molecule has 0 N–H and O–H groups in total. The Hall–Kier alpha value is 0. The van der Waals surface area contributed by atoms with Gasteiger partial charge in [-0.25, -0.2) is 0 Å². The van der Waals surface area contributed by atoms with E-state index in [0.29, 0.717) is 0 Å². The van der Waals surface area contributed by atoms with Gasteiger partial charge in [-0.2, -0.15) is 0 Å². The topological polar surface area (TPSA) is 0 Å². The zero-order valence-corrected chi connectivity index (χ0v) is 12.0. The first-order valence-electron chi connectivity index (χ1n) is 6.62. The predicted octanol–water partition coefficient (Wildman–Crippen LogP) is 9.09. The van der Waals surface area contributed by atoms with Gasteiger partial charge in [-0.1, -0.05) is 118 Å². The lowest BCUT2D eigenvalue weighted by molar-refractivity contribution is 0.544. The third-order valence-corrected chi connectivity index (χ3v) is 2.79. The van der Waals surface area contributed by atoms with Crippen LogP contribution in [-0.2, 0) is 0 Å². The highest BCUT2D eigenvalue weighted by molar-refractivity contribution is 4.42. The van der Waals surface area contributed by atoms with Gasteiger partial charge >= 0.3 is 0 Å². The van der Waals surface area contributed by atoms with Gasteiger partial charge < -0.3 is 0 Å². The maximum Gasteiger partial charge on any atom is -0.0448 e. The van der Waals surface area contributed by atoms with Crippen molar-refractivity contribution in [1.29, 1.82) is 0 Å². The maximum absolute atomic E-state index is 2.28. The Morgan fingerprint density at radius 1 is 0.474 bits per heavy atom. The molecule has 0 saturated heterocycles. The smallest absolute Gasteiger partial charge is 0.0448 e. The summed E-state index contributed by atoms with van der Waals surface area (Å²) in [5.74, 6) is 1.87. The van der Waals surface area contributed by atoms with E-state index >= 15 is 0 Å². The summed E-state index contributed by atoms with van der Waals surface area (Å²) in [7, 11) is 0. The Morgan fingerprint density at radius 3 is 0.579 bits per heavy atom. The Labute approximate surface area is 130 Å². The van der Waals surface area contributed by atoms with Crippen LogP contribution in [0.3, 0.4) is 0 Å². The van der Waals surface area contributed by atoms with Crippen molar-refractivity contribution in [1.82, 2.24) is 0 Å². The maximum atomic E-state index is 2.28. The van der Waals surface area contributed by atoms with Crippen LogP contribution in [-0.4, -0.2) is 0 Å². The standard InChI is InChI=1S/2C6H14.C2H6.5CH4/c2*1-4-6(3)5-2;1-2;;;;;/h2*6H,4-5H2,1-3H3;1-2H3;5*1H4. The molecule has 0 bridgehead atoms. The minimum Gasteiger partial charge on any atom is -0.0776 e. The minimum absolute atomic E-state index is 0. The fourth-order valence-electron chi connectivity index (χ4n) is 0.577. The molecule has 0 heteroatoms. The minimum atomic E-state index is 0. The second-order valence-electron chi connectivity index (χ2n) is 3.84. The van der Waals surface area contributed by atoms with E-state index in [9.17, 15) is 0 Å². The van der Waals surface area contributed by atoms with E-state index in [0.717, 1.165) is 11.8 Å².